The molecule has 0 saturated carbocycles. The zero-order valence-corrected chi connectivity index (χ0v) is 13.8. The maximum atomic E-state index is 9.04. The molecule has 1 heterocycles. The molecule has 3 N–H and O–H groups in total. The molecule has 1 aromatic rings. The smallest absolute Gasteiger partial charge is 0.131 e. The molecular formula is C13H22N4S2. The van der Waals surface area contributed by atoms with Crippen molar-refractivity contribution < 1.29 is 0 Å². The highest BCUT2D eigenvalue weighted by Crippen LogP contribution is 2.41. The van der Waals surface area contributed by atoms with Crippen LogP contribution in [0.25, 0.3) is 0 Å². The summed E-state index contributed by atoms with van der Waals surface area (Å²) in [5, 5.41) is 13.5. The van der Waals surface area contributed by atoms with Gasteiger partial charge in [-0.2, -0.15) is 5.26 Å². The second-order valence-corrected chi connectivity index (χ2v) is 7.41. The van der Waals surface area contributed by atoms with Crippen molar-refractivity contribution in [2.24, 2.45) is 5.41 Å². The number of nitrogens with two attached hydrogens (primary N) is 1. The normalized spacial score (nSPS) is 11.6. The zero-order chi connectivity index (χ0) is 14.6. The van der Waals surface area contributed by atoms with Gasteiger partial charge in [-0.15, -0.1) is 23.1 Å². The molecule has 0 aliphatic carbocycles. The van der Waals surface area contributed by atoms with Crippen LogP contribution in [-0.4, -0.2) is 38.3 Å². The predicted octanol–water partition coefficient (Wildman–Crippen LogP) is 2.92. The summed E-state index contributed by atoms with van der Waals surface area (Å²) in [5.41, 5.74) is 6.73. The van der Waals surface area contributed by atoms with Crippen LogP contribution in [0.3, 0.4) is 0 Å². The van der Waals surface area contributed by atoms with Crippen molar-refractivity contribution in [1.82, 2.24) is 4.90 Å². The highest BCUT2D eigenvalue weighted by Gasteiger charge is 2.21. The lowest BCUT2D eigenvalue weighted by molar-refractivity contribution is 0.254. The first-order chi connectivity index (χ1) is 8.80. The van der Waals surface area contributed by atoms with Crippen molar-refractivity contribution in [3.63, 3.8) is 0 Å². The lowest BCUT2D eigenvalue weighted by atomic mass is 9.93. The molecular weight excluding hydrogens is 276 g/mol. The van der Waals surface area contributed by atoms with E-state index in [4.69, 9.17) is 11.0 Å². The molecule has 0 atom stereocenters. The summed E-state index contributed by atoms with van der Waals surface area (Å²) in [5.74, 6) is 0. The Morgan fingerprint density at radius 2 is 2.11 bits per heavy atom. The number of nitrogen functional groups attached to an aromatic ring is 1. The second-order valence-electron chi connectivity index (χ2n) is 5.57. The predicted molar refractivity (Wildman–Crippen MR) is 86.1 cm³/mol. The number of nitrogens with one attached hydrogen (secondary N) is 1. The molecule has 0 spiro atoms. The van der Waals surface area contributed by atoms with Crippen molar-refractivity contribution in [3.05, 3.63) is 4.88 Å². The van der Waals surface area contributed by atoms with Crippen molar-refractivity contribution in [1.29, 1.82) is 5.26 Å². The van der Waals surface area contributed by atoms with E-state index in [0.717, 1.165) is 23.0 Å². The fourth-order valence-corrected chi connectivity index (χ4v) is 3.89. The Labute approximate surface area is 124 Å². The highest BCUT2D eigenvalue weighted by molar-refractivity contribution is 7.99. The van der Waals surface area contributed by atoms with Crippen LogP contribution in [0.2, 0.25) is 0 Å². The molecule has 0 radical (unpaired) electrons. The minimum absolute atomic E-state index is 0.157. The van der Waals surface area contributed by atoms with E-state index in [1.165, 1.54) is 11.3 Å². The fraction of sp³-hybridized carbons (Fsp3) is 0.615. The topological polar surface area (TPSA) is 65.1 Å². The van der Waals surface area contributed by atoms with Crippen LogP contribution in [0.1, 0.15) is 18.7 Å². The van der Waals surface area contributed by atoms with Gasteiger partial charge >= 0.3 is 0 Å². The summed E-state index contributed by atoms with van der Waals surface area (Å²) < 4.78 is 0. The van der Waals surface area contributed by atoms with Gasteiger partial charge in [0.1, 0.15) is 15.9 Å². The summed E-state index contributed by atoms with van der Waals surface area (Å²) in [7, 11) is 4.15. The summed E-state index contributed by atoms with van der Waals surface area (Å²) in [4.78, 5) is 3.76. The van der Waals surface area contributed by atoms with E-state index in [9.17, 15) is 0 Å². The van der Waals surface area contributed by atoms with Gasteiger partial charge in [-0.05, 0) is 25.8 Å². The Kier molecular flexibility index (Phi) is 5.53. The minimum atomic E-state index is 0.157. The molecule has 0 unspecified atom stereocenters. The van der Waals surface area contributed by atoms with Gasteiger partial charge < -0.3 is 16.0 Å². The molecule has 4 nitrogen and oxygen atoms in total. The summed E-state index contributed by atoms with van der Waals surface area (Å²) in [6, 6.07) is 2.15. The van der Waals surface area contributed by atoms with Crippen LogP contribution in [0.5, 0.6) is 0 Å². The Morgan fingerprint density at radius 1 is 1.47 bits per heavy atom. The van der Waals surface area contributed by atoms with E-state index in [1.54, 1.807) is 11.8 Å². The fourth-order valence-electron chi connectivity index (χ4n) is 2.06. The number of hydrogen-bond acceptors (Lipinski definition) is 6. The lowest BCUT2D eigenvalue weighted by Gasteiger charge is -2.28. The average Bonchev–Trinajstić information content (AvgIpc) is 2.61. The van der Waals surface area contributed by atoms with Crippen LogP contribution in [-0.2, 0) is 0 Å². The number of thiophene rings is 1. The minimum Gasteiger partial charge on any atom is -0.396 e. The standard InChI is InChI=1S/C13H22N4S2/c1-13(2,8-17(3)4)7-16-12-11(18-5)10(15)9(6-14)19-12/h16H,7-8,15H2,1-5H3. The molecule has 1 aromatic heterocycles. The monoisotopic (exact) mass is 298 g/mol. The van der Waals surface area contributed by atoms with E-state index in [-0.39, 0.29) is 5.41 Å². The Hall–Kier alpha value is -0.900. The van der Waals surface area contributed by atoms with Gasteiger partial charge in [0, 0.05) is 13.1 Å². The van der Waals surface area contributed by atoms with Gasteiger partial charge in [0.05, 0.1) is 10.6 Å². The van der Waals surface area contributed by atoms with Crippen LogP contribution in [0.15, 0.2) is 4.90 Å². The van der Waals surface area contributed by atoms with Crippen LogP contribution in [0.4, 0.5) is 10.7 Å². The Morgan fingerprint density at radius 3 is 2.58 bits per heavy atom. The number of nitriles is 1. The highest BCUT2D eigenvalue weighted by atomic mass is 32.2. The van der Waals surface area contributed by atoms with Gasteiger partial charge in [0.2, 0.25) is 0 Å². The first kappa shape index (κ1) is 16.2. The van der Waals surface area contributed by atoms with E-state index < -0.39 is 0 Å². The summed E-state index contributed by atoms with van der Waals surface area (Å²) >= 11 is 3.02. The third-order valence-electron chi connectivity index (χ3n) is 2.68. The Bertz CT molecular complexity index is 472. The quantitative estimate of drug-likeness (QED) is 0.791. The lowest BCUT2D eigenvalue weighted by Crippen LogP contribution is -2.34. The second kappa shape index (κ2) is 6.51. The van der Waals surface area contributed by atoms with Crippen LogP contribution < -0.4 is 11.1 Å². The van der Waals surface area contributed by atoms with Gasteiger partial charge in [0.15, 0.2) is 0 Å². The zero-order valence-electron chi connectivity index (χ0n) is 12.2. The molecule has 0 saturated heterocycles. The van der Waals surface area contributed by atoms with Crippen LogP contribution in [0, 0.1) is 16.7 Å². The molecule has 1 rings (SSSR count). The first-order valence-electron chi connectivity index (χ1n) is 6.05. The molecule has 0 amide bonds. The number of thioether (sulfide) groups is 1. The number of nitrogens with zero attached hydrogens (tertiary/aromatic N) is 2. The number of hydrogen-bond donors (Lipinski definition) is 2. The summed E-state index contributed by atoms with van der Waals surface area (Å²) in [6.07, 6.45) is 1.98. The van der Waals surface area contributed by atoms with Gasteiger partial charge in [-0.3, -0.25) is 0 Å². The maximum absolute atomic E-state index is 9.04. The first-order valence-corrected chi connectivity index (χ1v) is 8.10. The van der Waals surface area contributed by atoms with Crippen molar-refractivity contribution in [2.45, 2.75) is 18.7 Å². The van der Waals surface area contributed by atoms with Crippen molar-refractivity contribution in [3.8, 4) is 6.07 Å². The number of rotatable bonds is 6. The molecule has 19 heavy (non-hydrogen) atoms. The Balaban J connectivity index is 2.81. The van der Waals surface area contributed by atoms with Crippen molar-refractivity contribution >= 4 is 33.8 Å². The molecule has 0 bridgehead atoms. The molecule has 0 aliphatic heterocycles. The van der Waals surface area contributed by atoms with E-state index >= 15 is 0 Å². The third kappa shape index (κ3) is 4.30. The molecule has 6 heteroatoms. The van der Waals surface area contributed by atoms with Gasteiger partial charge in [0.25, 0.3) is 0 Å². The van der Waals surface area contributed by atoms with Gasteiger partial charge in [-0.25, -0.2) is 0 Å². The van der Waals surface area contributed by atoms with Gasteiger partial charge in [-0.1, -0.05) is 13.8 Å². The van der Waals surface area contributed by atoms with E-state index in [2.05, 4.69) is 44.2 Å². The van der Waals surface area contributed by atoms with E-state index in [0.29, 0.717) is 10.6 Å². The van der Waals surface area contributed by atoms with Crippen LogP contribution >= 0.6 is 23.1 Å². The average molecular weight is 298 g/mol. The molecule has 0 fully saturated rings. The third-order valence-corrected chi connectivity index (χ3v) is 4.71. The largest absolute Gasteiger partial charge is 0.396 e. The maximum Gasteiger partial charge on any atom is 0.131 e. The number of anilines is 2. The molecule has 106 valence electrons. The SMILES string of the molecule is CSc1c(NCC(C)(C)CN(C)C)sc(C#N)c1N. The van der Waals surface area contributed by atoms with E-state index in [1.807, 2.05) is 6.26 Å². The molecule has 0 aromatic carbocycles. The molecule has 0 aliphatic rings. The van der Waals surface area contributed by atoms with Crippen molar-refractivity contribution in [2.75, 3.05) is 44.5 Å². The summed E-state index contributed by atoms with van der Waals surface area (Å²) in [6.45, 7) is 6.30.